The van der Waals surface area contributed by atoms with Gasteiger partial charge in [-0.1, -0.05) is 36.4 Å². The summed E-state index contributed by atoms with van der Waals surface area (Å²) < 4.78 is 5.63. The average molecular weight is 282 g/mol. The smallest absolute Gasteiger partial charge is 0.216 e. The Balaban J connectivity index is 2.26. The number of carbonyl (C=O) groups excluding carboxylic acids is 2. The molecule has 21 heavy (non-hydrogen) atoms. The Morgan fingerprint density at radius 2 is 1.62 bits per heavy atom. The number of carbonyl (C=O) groups is 2. The van der Waals surface area contributed by atoms with E-state index in [0.717, 1.165) is 16.7 Å². The van der Waals surface area contributed by atoms with E-state index in [4.69, 9.17) is 4.74 Å². The number of Topliss-reactive ketones (excluding diaryl/α,β-unsaturated/α-hetero) is 1. The maximum atomic E-state index is 12.3. The first-order valence-electron chi connectivity index (χ1n) is 6.82. The average Bonchev–Trinajstić information content (AvgIpc) is 2.50. The molecule has 108 valence electrons. The van der Waals surface area contributed by atoms with Gasteiger partial charge < -0.3 is 4.74 Å². The highest BCUT2D eigenvalue weighted by atomic mass is 16.5. The minimum Gasteiger partial charge on any atom is -0.474 e. The van der Waals surface area contributed by atoms with Crippen LogP contribution in [0.4, 0.5) is 0 Å². The van der Waals surface area contributed by atoms with Gasteiger partial charge in [0.1, 0.15) is 5.75 Å². The number of benzene rings is 2. The van der Waals surface area contributed by atoms with E-state index >= 15 is 0 Å². The number of rotatable bonds is 5. The zero-order chi connectivity index (χ0) is 15.4. The Morgan fingerprint density at radius 3 is 2.24 bits per heavy atom. The zero-order valence-corrected chi connectivity index (χ0v) is 12.4. The number of aldehydes is 1. The lowest BCUT2D eigenvalue weighted by atomic mass is 10.0. The van der Waals surface area contributed by atoms with Gasteiger partial charge in [-0.2, -0.15) is 0 Å². The Kier molecular flexibility index (Phi) is 4.53. The summed E-state index contributed by atoms with van der Waals surface area (Å²) in [4.78, 5) is 23.5. The molecule has 3 nitrogen and oxygen atoms in total. The molecule has 0 heterocycles. The summed E-state index contributed by atoms with van der Waals surface area (Å²) in [5, 5.41) is 0. The highest BCUT2D eigenvalue weighted by Gasteiger charge is 2.22. The lowest BCUT2D eigenvalue weighted by molar-refractivity contribution is -0.112. The van der Waals surface area contributed by atoms with Crippen LogP contribution in [0, 0.1) is 20.8 Å². The minimum absolute atomic E-state index is 0.330. The third-order valence-electron chi connectivity index (χ3n) is 3.49. The largest absolute Gasteiger partial charge is 0.474 e. The summed E-state index contributed by atoms with van der Waals surface area (Å²) in [5.41, 5.74) is 3.59. The van der Waals surface area contributed by atoms with Crippen molar-refractivity contribution in [3.8, 4) is 5.75 Å². The van der Waals surface area contributed by atoms with Crippen LogP contribution in [0.15, 0.2) is 42.5 Å². The molecule has 0 fully saturated rings. The molecule has 0 spiro atoms. The van der Waals surface area contributed by atoms with Crippen LogP contribution >= 0.6 is 0 Å². The van der Waals surface area contributed by atoms with E-state index in [-0.39, 0.29) is 5.78 Å². The van der Waals surface area contributed by atoms with Crippen molar-refractivity contribution in [1.29, 1.82) is 0 Å². The Morgan fingerprint density at radius 1 is 1.00 bits per heavy atom. The molecule has 0 amide bonds. The van der Waals surface area contributed by atoms with Gasteiger partial charge in [-0.05, 0) is 43.5 Å². The Hall–Kier alpha value is -2.42. The van der Waals surface area contributed by atoms with Crippen molar-refractivity contribution in [2.75, 3.05) is 0 Å². The third kappa shape index (κ3) is 3.37. The van der Waals surface area contributed by atoms with Crippen LogP contribution in [-0.2, 0) is 4.79 Å². The summed E-state index contributed by atoms with van der Waals surface area (Å²) in [6.07, 6.45) is -0.572. The van der Waals surface area contributed by atoms with Gasteiger partial charge in [-0.3, -0.25) is 9.59 Å². The predicted molar refractivity (Wildman–Crippen MR) is 81.9 cm³/mol. The van der Waals surface area contributed by atoms with Crippen molar-refractivity contribution < 1.29 is 14.3 Å². The summed E-state index contributed by atoms with van der Waals surface area (Å²) in [6, 6.07) is 12.5. The van der Waals surface area contributed by atoms with Gasteiger partial charge in [-0.25, -0.2) is 0 Å². The normalized spacial score (nSPS) is 11.8. The Bertz CT molecular complexity index is 660. The fraction of sp³-hybridized carbons (Fsp3) is 0.222. The number of hydrogen-bond donors (Lipinski definition) is 0. The monoisotopic (exact) mass is 282 g/mol. The van der Waals surface area contributed by atoms with E-state index < -0.39 is 6.10 Å². The van der Waals surface area contributed by atoms with Crippen LogP contribution < -0.4 is 4.74 Å². The predicted octanol–water partition coefficient (Wildman–Crippen LogP) is 3.44. The topological polar surface area (TPSA) is 43.4 Å². The highest BCUT2D eigenvalue weighted by molar-refractivity contribution is 6.07. The molecule has 0 radical (unpaired) electrons. The number of ketones is 1. The standard InChI is InChI=1S/C18H18O3/c1-12-9-14(3)16(10-13(12)2)21-17(11-19)18(20)15-7-5-4-6-8-15/h4-11,17H,1-3H3. The first-order chi connectivity index (χ1) is 10.0. The first-order valence-corrected chi connectivity index (χ1v) is 6.82. The molecule has 2 aromatic carbocycles. The van der Waals surface area contributed by atoms with Crippen molar-refractivity contribution in [3.05, 3.63) is 64.7 Å². The summed E-state index contributed by atoms with van der Waals surface area (Å²) >= 11 is 0. The molecule has 2 aromatic rings. The molecule has 0 aliphatic heterocycles. The van der Waals surface area contributed by atoms with Gasteiger partial charge in [0.15, 0.2) is 6.29 Å². The molecular weight excluding hydrogens is 264 g/mol. The molecule has 0 N–H and O–H groups in total. The van der Waals surface area contributed by atoms with Gasteiger partial charge in [-0.15, -0.1) is 0 Å². The molecule has 0 bridgehead atoms. The molecular formula is C18H18O3. The molecule has 0 saturated carbocycles. The van der Waals surface area contributed by atoms with Gasteiger partial charge in [0, 0.05) is 5.56 Å². The minimum atomic E-state index is -1.12. The maximum Gasteiger partial charge on any atom is 0.216 e. The first kappa shape index (κ1) is 15.0. The van der Waals surface area contributed by atoms with Gasteiger partial charge in [0.05, 0.1) is 0 Å². The second-order valence-corrected chi connectivity index (χ2v) is 5.11. The molecule has 0 aliphatic rings. The molecule has 1 unspecified atom stereocenters. The van der Waals surface area contributed by atoms with Gasteiger partial charge in [0.2, 0.25) is 11.9 Å². The van der Waals surface area contributed by atoms with Crippen LogP contribution in [0.1, 0.15) is 27.0 Å². The fourth-order valence-corrected chi connectivity index (χ4v) is 2.11. The number of ether oxygens (including phenoxy) is 1. The molecule has 0 saturated heterocycles. The summed E-state index contributed by atoms with van der Waals surface area (Å²) in [7, 11) is 0. The summed E-state index contributed by atoms with van der Waals surface area (Å²) in [6.45, 7) is 5.88. The molecule has 3 heteroatoms. The van der Waals surface area contributed by atoms with Crippen molar-refractivity contribution in [1.82, 2.24) is 0 Å². The van der Waals surface area contributed by atoms with E-state index in [9.17, 15) is 9.59 Å². The van der Waals surface area contributed by atoms with Crippen LogP contribution in [0.2, 0.25) is 0 Å². The molecule has 1 atom stereocenters. The second-order valence-electron chi connectivity index (χ2n) is 5.11. The summed E-state index contributed by atoms with van der Waals surface area (Å²) in [5.74, 6) is 0.239. The zero-order valence-electron chi connectivity index (χ0n) is 12.4. The van der Waals surface area contributed by atoms with Crippen LogP contribution in [0.5, 0.6) is 5.75 Å². The van der Waals surface area contributed by atoms with Gasteiger partial charge >= 0.3 is 0 Å². The van der Waals surface area contributed by atoms with E-state index in [1.807, 2.05) is 39.0 Å². The Labute approximate surface area is 124 Å². The van der Waals surface area contributed by atoms with E-state index in [2.05, 4.69) is 0 Å². The molecule has 0 aliphatic carbocycles. The SMILES string of the molecule is Cc1cc(C)c(OC(C=O)C(=O)c2ccccc2)cc1C. The molecule has 2 rings (SSSR count). The quantitative estimate of drug-likeness (QED) is 0.479. The lowest BCUT2D eigenvalue weighted by Crippen LogP contribution is -2.29. The fourth-order valence-electron chi connectivity index (χ4n) is 2.11. The van der Waals surface area contributed by atoms with Crippen molar-refractivity contribution in [2.24, 2.45) is 0 Å². The lowest BCUT2D eigenvalue weighted by Gasteiger charge is -2.16. The van der Waals surface area contributed by atoms with Crippen LogP contribution in [0.3, 0.4) is 0 Å². The van der Waals surface area contributed by atoms with E-state index in [0.29, 0.717) is 17.6 Å². The molecule has 0 aromatic heterocycles. The van der Waals surface area contributed by atoms with Crippen molar-refractivity contribution in [3.63, 3.8) is 0 Å². The van der Waals surface area contributed by atoms with E-state index in [1.165, 1.54) is 0 Å². The van der Waals surface area contributed by atoms with Crippen LogP contribution in [-0.4, -0.2) is 18.2 Å². The highest BCUT2D eigenvalue weighted by Crippen LogP contribution is 2.23. The van der Waals surface area contributed by atoms with Crippen molar-refractivity contribution >= 4 is 12.1 Å². The number of hydrogen-bond acceptors (Lipinski definition) is 3. The number of aryl methyl sites for hydroxylation is 3. The maximum absolute atomic E-state index is 12.3. The second kappa shape index (κ2) is 6.35. The van der Waals surface area contributed by atoms with Crippen LogP contribution in [0.25, 0.3) is 0 Å². The van der Waals surface area contributed by atoms with Crippen molar-refractivity contribution in [2.45, 2.75) is 26.9 Å². The van der Waals surface area contributed by atoms with E-state index in [1.54, 1.807) is 24.3 Å². The van der Waals surface area contributed by atoms with Gasteiger partial charge in [0.25, 0.3) is 0 Å². The third-order valence-corrected chi connectivity index (χ3v) is 3.49.